The topological polar surface area (TPSA) is 57.1 Å². The molecule has 1 fully saturated rings. The summed E-state index contributed by atoms with van der Waals surface area (Å²) in [4.78, 5) is 15.0. The summed E-state index contributed by atoms with van der Waals surface area (Å²) < 4.78 is 14.5. The van der Waals surface area contributed by atoms with Crippen LogP contribution in [-0.2, 0) is 58.0 Å². The van der Waals surface area contributed by atoms with Crippen LogP contribution in [-0.4, -0.2) is 33.3 Å². The normalized spacial score (nSPS) is 18.7. The number of nitrogens with zero attached hydrogens (tertiary/aromatic N) is 3. The SMILES string of the molecule is CC(C)(C)c1ccnc(-c2ccc(-c3cc4c(cc3-c3cc(-c5cc6c(cc5-c5ccc(-c7cc(C(C)(C)C)ccn7)cc5)C(C)(C)CC6(C)C)cc(-c5cc6c(cc5-c5ccc(-c7cc(C(C)(C)C)ccn7)cc5B5OC(C)(C)C(C)(C)O5)C(C)(C)CC6(C)C)c3)C(C)(C)CC4(C)C)cc2)c1. The van der Waals surface area contributed by atoms with E-state index in [1.54, 1.807) is 0 Å². The Bertz CT molecular complexity index is 4790. The lowest BCUT2D eigenvalue weighted by atomic mass is 9.71. The van der Waals surface area contributed by atoms with Gasteiger partial charge in [-0.15, -0.1) is 0 Å². The van der Waals surface area contributed by atoms with Gasteiger partial charge in [-0.25, -0.2) is 0 Å². The molecule has 0 unspecified atom stereocenters. The number of fused-ring (bicyclic) bond motifs is 3. The number of rotatable bonds is 10. The van der Waals surface area contributed by atoms with Gasteiger partial charge in [0, 0.05) is 29.7 Å². The highest BCUT2D eigenvalue weighted by Gasteiger charge is 2.53. The van der Waals surface area contributed by atoms with Gasteiger partial charge in [0.05, 0.1) is 28.3 Å². The van der Waals surface area contributed by atoms with Crippen molar-refractivity contribution in [2.45, 2.75) is 252 Å². The molecule has 1 saturated heterocycles. The maximum absolute atomic E-state index is 7.25. The number of hydrogen-bond acceptors (Lipinski definition) is 5. The van der Waals surface area contributed by atoms with Crippen LogP contribution in [0.25, 0.3) is 101 Å². The molecule has 3 aliphatic carbocycles. The van der Waals surface area contributed by atoms with E-state index < -0.39 is 18.3 Å². The molecule has 3 aromatic heterocycles. The summed E-state index contributed by atoms with van der Waals surface area (Å²) >= 11 is 0. The summed E-state index contributed by atoms with van der Waals surface area (Å²) in [6, 6.07) is 62.0. The molecule has 0 saturated carbocycles. The molecule has 0 amide bonds. The number of hydrogen-bond donors (Lipinski definition) is 0. The molecule has 6 heteroatoms. The second kappa shape index (κ2) is 23.8. The molecule has 4 heterocycles. The summed E-state index contributed by atoms with van der Waals surface area (Å²) in [7, 11) is -0.666. The first kappa shape index (κ1) is 71.0. The zero-order chi connectivity index (χ0) is 73.4. The third-order valence-electron chi connectivity index (χ3n) is 24.4. The van der Waals surface area contributed by atoms with Crippen LogP contribution in [0.2, 0.25) is 0 Å². The Morgan fingerprint density at radius 3 is 0.824 bits per heavy atom. The molecule has 0 spiro atoms. The minimum Gasteiger partial charge on any atom is -0.399 e. The van der Waals surface area contributed by atoms with Gasteiger partial charge in [-0.05, 0) is 315 Å². The largest absolute Gasteiger partial charge is 0.495 e. The van der Waals surface area contributed by atoms with Crippen molar-refractivity contribution >= 4 is 12.6 Å². The van der Waals surface area contributed by atoms with Gasteiger partial charge in [-0.2, -0.15) is 0 Å². The molecule has 5 nitrogen and oxygen atoms in total. The first-order valence-corrected chi connectivity index (χ1v) is 37.7. The highest BCUT2D eigenvalue weighted by Crippen LogP contribution is 2.58. The van der Waals surface area contributed by atoms with E-state index in [-0.39, 0.29) is 48.7 Å². The fraction of sp³-hybridized carbons (Fsp3) is 0.406. The van der Waals surface area contributed by atoms with Crippen molar-refractivity contribution in [1.82, 2.24) is 15.0 Å². The Morgan fingerprint density at radius 2 is 0.520 bits per heavy atom. The molecule has 102 heavy (non-hydrogen) atoms. The van der Waals surface area contributed by atoms with Crippen LogP contribution in [0, 0.1) is 0 Å². The number of aromatic nitrogens is 3. The quantitative estimate of drug-likeness (QED) is 0.128. The van der Waals surface area contributed by atoms with E-state index >= 15 is 0 Å². The molecule has 1 aliphatic heterocycles. The molecule has 10 aromatic rings. The zero-order valence-corrected chi connectivity index (χ0v) is 66.1. The Kier molecular flexibility index (Phi) is 16.5. The lowest BCUT2D eigenvalue weighted by Crippen LogP contribution is -2.41. The van der Waals surface area contributed by atoms with Crippen molar-refractivity contribution in [3.8, 4) is 101 Å². The molecule has 524 valence electrons. The molecule has 0 atom stereocenters. The van der Waals surface area contributed by atoms with Crippen molar-refractivity contribution in [3.05, 3.63) is 226 Å². The maximum atomic E-state index is 7.25. The summed E-state index contributed by atoms with van der Waals surface area (Å²) in [5.41, 5.74) is 31.8. The molecule has 0 bridgehead atoms. The third kappa shape index (κ3) is 12.6. The Labute approximate surface area is 612 Å². The first-order valence-electron chi connectivity index (χ1n) is 37.7. The summed E-state index contributed by atoms with van der Waals surface area (Å²) in [5.74, 6) is 0. The molecule has 7 aromatic carbocycles. The second-order valence-corrected chi connectivity index (χ2v) is 39.0. The predicted molar refractivity (Wildman–Crippen MR) is 433 cm³/mol. The highest BCUT2D eigenvalue weighted by atomic mass is 16.7. The van der Waals surface area contributed by atoms with E-state index in [2.05, 4.69) is 331 Å². The van der Waals surface area contributed by atoms with Gasteiger partial charge in [0.15, 0.2) is 0 Å². The van der Waals surface area contributed by atoms with Gasteiger partial charge in [-0.1, -0.05) is 212 Å². The van der Waals surface area contributed by atoms with Gasteiger partial charge in [-0.3, -0.25) is 15.0 Å². The molecule has 0 N–H and O–H groups in total. The minimum atomic E-state index is -0.666. The fourth-order valence-electron chi connectivity index (χ4n) is 18.5. The van der Waals surface area contributed by atoms with E-state index in [0.717, 1.165) is 75.2 Å². The molecule has 14 rings (SSSR count). The Balaban J connectivity index is 1.08. The standard InChI is InChI=1S/C96H110BN3O2/c1-86(2,3)66-36-39-98-83(46-66)60-30-26-58(27-31-60)70-49-76-78(91(14,15)55-89(76,10)11)51-72(70)63-42-64(73-52-79-77(90(12,13)56-92(79,16)17)50-71(73)59-28-32-61(33-29-59)84-47-67(37-40-99-84)87(4,5)6)44-65(43-63)74-53-80-81(94(20,21)57-93(80,18)19)54-75(74)69-35-34-62(85-48-68(38-41-100-85)88(7,8)9)45-82(69)97-101-95(22,23)96(24,25)102-97/h26-54H,55-57H2,1-25H3. The van der Waals surface area contributed by atoms with Crippen LogP contribution in [0.15, 0.2) is 176 Å². The van der Waals surface area contributed by atoms with Crippen molar-refractivity contribution in [3.63, 3.8) is 0 Å². The van der Waals surface area contributed by atoms with Crippen LogP contribution in [0.1, 0.15) is 242 Å². The average molecular weight is 1350 g/mol. The first-order chi connectivity index (χ1) is 47.3. The van der Waals surface area contributed by atoms with Crippen molar-refractivity contribution in [2.75, 3.05) is 0 Å². The summed E-state index contributed by atoms with van der Waals surface area (Å²) in [6.45, 7) is 58.6. The van der Waals surface area contributed by atoms with Crippen molar-refractivity contribution < 1.29 is 9.31 Å². The van der Waals surface area contributed by atoms with Crippen LogP contribution in [0.4, 0.5) is 0 Å². The number of benzene rings is 7. The van der Waals surface area contributed by atoms with E-state index in [1.807, 2.05) is 18.6 Å². The van der Waals surface area contributed by atoms with E-state index in [4.69, 9.17) is 24.3 Å². The van der Waals surface area contributed by atoms with Gasteiger partial charge in [0.25, 0.3) is 0 Å². The molecule has 4 aliphatic rings. The van der Waals surface area contributed by atoms with Crippen LogP contribution in [0.5, 0.6) is 0 Å². The lowest BCUT2D eigenvalue weighted by molar-refractivity contribution is 0.00578. The molecular weight excluding hydrogens is 1240 g/mol. The average Bonchev–Trinajstić information content (AvgIpc) is 1.55. The second-order valence-electron chi connectivity index (χ2n) is 39.0. The monoisotopic (exact) mass is 1350 g/mol. The van der Waals surface area contributed by atoms with Crippen molar-refractivity contribution in [2.24, 2.45) is 0 Å². The van der Waals surface area contributed by atoms with E-state index in [9.17, 15) is 0 Å². The minimum absolute atomic E-state index is 0.00988. The van der Waals surface area contributed by atoms with E-state index in [1.165, 1.54) is 100 Å². The van der Waals surface area contributed by atoms with Crippen LogP contribution in [0.3, 0.4) is 0 Å². The predicted octanol–water partition coefficient (Wildman–Crippen LogP) is 24.9. The van der Waals surface area contributed by atoms with Crippen molar-refractivity contribution in [1.29, 1.82) is 0 Å². The molecular formula is C96H110BN3O2. The lowest BCUT2D eigenvalue weighted by Gasteiger charge is -2.32. The Hall–Kier alpha value is -8.03. The smallest absolute Gasteiger partial charge is 0.399 e. The van der Waals surface area contributed by atoms with Gasteiger partial charge >= 0.3 is 7.12 Å². The zero-order valence-electron chi connectivity index (χ0n) is 66.1. The summed E-state index contributed by atoms with van der Waals surface area (Å²) in [6.07, 6.45) is 9.02. The van der Waals surface area contributed by atoms with Crippen LogP contribution < -0.4 is 5.46 Å². The fourth-order valence-corrected chi connectivity index (χ4v) is 18.5. The van der Waals surface area contributed by atoms with E-state index in [0.29, 0.717) is 0 Å². The highest BCUT2D eigenvalue weighted by molar-refractivity contribution is 6.64. The maximum Gasteiger partial charge on any atom is 0.495 e. The third-order valence-corrected chi connectivity index (χ3v) is 24.4. The van der Waals surface area contributed by atoms with Gasteiger partial charge in [0.2, 0.25) is 0 Å². The molecule has 0 radical (unpaired) electrons. The van der Waals surface area contributed by atoms with Crippen LogP contribution >= 0.6 is 0 Å². The Morgan fingerprint density at radius 1 is 0.265 bits per heavy atom. The summed E-state index contributed by atoms with van der Waals surface area (Å²) in [5, 5.41) is 0. The number of pyridine rings is 3. The van der Waals surface area contributed by atoms with Gasteiger partial charge < -0.3 is 9.31 Å². The van der Waals surface area contributed by atoms with Gasteiger partial charge in [0.1, 0.15) is 0 Å².